The predicted octanol–water partition coefficient (Wildman–Crippen LogP) is 3.14. The van der Waals surface area contributed by atoms with Gasteiger partial charge >= 0.3 is 0 Å². The maximum Gasteiger partial charge on any atom is 0.232 e. The molecule has 7 heteroatoms. The Hall–Kier alpha value is -1.11. The number of rotatable bonds is 4. The van der Waals surface area contributed by atoms with Crippen LogP contribution in [0.25, 0.3) is 0 Å². The van der Waals surface area contributed by atoms with Gasteiger partial charge in [0, 0.05) is 24.5 Å². The molecule has 2 fully saturated rings. The number of hydrogen-bond donors (Lipinski definition) is 1. The Kier molecular flexibility index (Phi) is 6.88. The SMILES string of the molecule is CC(=O)c1ccc(SCC(=O)N2CCC3(CCNC3)CC2)cc1F.Cl. The third-order valence-corrected chi connectivity index (χ3v) is 6.17. The lowest BCUT2D eigenvalue weighted by Gasteiger charge is -2.38. The fourth-order valence-corrected chi connectivity index (χ4v) is 4.38. The van der Waals surface area contributed by atoms with Gasteiger partial charge < -0.3 is 10.2 Å². The van der Waals surface area contributed by atoms with Crippen LogP contribution in [0.15, 0.2) is 23.1 Å². The van der Waals surface area contributed by atoms with Crippen molar-refractivity contribution < 1.29 is 14.0 Å². The Labute approximate surface area is 158 Å². The smallest absolute Gasteiger partial charge is 0.232 e. The van der Waals surface area contributed by atoms with Crippen molar-refractivity contribution in [3.63, 3.8) is 0 Å². The maximum absolute atomic E-state index is 13.8. The molecule has 0 saturated carbocycles. The molecule has 1 spiro atoms. The molecule has 138 valence electrons. The molecule has 3 rings (SSSR count). The average molecular weight is 387 g/mol. The normalized spacial score (nSPS) is 18.9. The van der Waals surface area contributed by atoms with Gasteiger partial charge in [-0.25, -0.2) is 4.39 Å². The van der Waals surface area contributed by atoms with Crippen molar-refractivity contribution in [2.24, 2.45) is 5.41 Å². The summed E-state index contributed by atoms with van der Waals surface area (Å²) in [4.78, 5) is 26.2. The van der Waals surface area contributed by atoms with Crippen molar-refractivity contribution in [2.75, 3.05) is 31.9 Å². The quantitative estimate of drug-likeness (QED) is 0.638. The molecule has 2 aliphatic heterocycles. The number of nitrogens with zero attached hydrogens (tertiary/aromatic N) is 1. The van der Waals surface area contributed by atoms with Gasteiger partial charge in [0.2, 0.25) is 5.91 Å². The minimum absolute atomic E-state index is 0. The monoisotopic (exact) mass is 386 g/mol. The van der Waals surface area contributed by atoms with E-state index in [0.717, 1.165) is 39.0 Å². The van der Waals surface area contributed by atoms with Crippen molar-refractivity contribution in [1.82, 2.24) is 10.2 Å². The van der Waals surface area contributed by atoms with Gasteiger partial charge in [-0.05, 0) is 56.3 Å². The molecule has 1 amide bonds. The van der Waals surface area contributed by atoms with Crippen LogP contribution in [0, 0.1) is 11.2 Å². The highest BCUT2D eigenvalue weighted by Crippen LogP contribution is 2.37. The van der Waals surface area contributed by atoms with E-state index < -0.39 is 5.82 Å². The van der Waals surface area contributed by atoms with Crippen molar-refractivity contribution in [3.05, 3.63) is 29.6 Å². The Morgan fingerprint density at radius 3 is 2.56 bits per heavy atom. The molecule has 4 nitrogen and oxygen atoms in total. The topological polar surface area (TPSA) is 49.4 Å². The van der Waals surface area contributed by atoms with Crippen LogP contribution < -0.4 is 5.32 Å². The first-order chi connectivity index (χ1) is 11.5. The molecular formula is C18H24ClFN2O2S. The molecule has 0 atom stereocenters. The summed E-state index contributed by atoms with van der Waals surface area (Å²) in [6.07, 6.45) is 3.35. The molecule has 2 heterocycles. The molecule has 0 radical (unpaired) electrons. The molecule has 25 heavy (non-hydrogen) atoms. The second kappa shape index (κ2) is 8.52. The number of piperidine rings is 1. The van der Waals surface area contributed by atoms with Gasteiger partial charge in [0.15, 0.2) is 5.78 Å². The van der Waals surface area contributed by atoms with E-state index in [1.54, 1.807) is 6.07 Å². The zero-order valence-corrected chi connectivity index (χ0v) is 16.0. The molecule has 0 unspecified atom stereocenters. The highest BCUT2D eigenvalue weighted by molar-refractivity contribution is 8.00. The van der Waals surface area contributed by atoms with Gasteiger partial charge in [0.05, 0.1) is 11.3 Å². The van der Waals surface area contributed by atoms with Crippen LogP contribution in [0.1, 0.15) is 36.5 Å². The van der Waals surface area contributed by atoms with Crippen LogP contribution in [-0.4, -0.2) is 48.5 Å². The summed E-state index contributed by atoms with van der Waals surface area (Å²) in [6.45, 7) is 5.15. The van der Waals surface area contributed by atoms with Gasteiger partial charge in [-0.2, -0.15) is 0 Å². The van der Waals surface area contributed by atoms with Crippen molar-refractivity contribution in [1.29, 1.82) is 0 Å². The molecule has 0 bridgehead atoms. The number of carbonyl (C=O) groups is 2. The van der Waals surface area contributed by atoms with Crippen LogP contribution in [0.2, 0.25) is 0 Å². The summed E-state index contributed by atoms with van der Waals surface area (Å²) in [5, 5.41) is 3.42. The first kappa shape index (κ1) is 20.2. The number of nitrogens with one attached hydrogen (secondary N) is 1. The fourth-order valence-electron chi connectivity index (χ4n) is 3.56. The first-order valence-corrected chi connectivity index (χ1v) is 9.39. The third-order valence-electron chi connectivity index (χ3n) is 5.19. The maximum atomic E-state index is 13.8. The number of carbonyl (C=O) groups excluding carboxylic acids is 2. The van der Waals surface area contributed by atoms with Gasteiger partial charge in [-0.15, -0.1) is 24.2 Å². The van der Waals surface area contributed by atoms with E-state index in [1.165, 1.54) is 37.2 Å². The Balaban J connectivity index is 0.00000225. The predicted molar refractivity (Wildman–Crippen MR) is 100 cm³/mol. The van der Waals surface area contributed by atoms with Crippen molar-refractivity contribution in [3.8, 4) is 0 Å². The molecule has 0 aliphatic carbocycles. The largest absolute Gasteiger partial charge is 0.342 e. The highest BCUT2D eigenvalue weighted by Gasteiger charge is 2.37. The van der Waals surface area contributed by atoms with Gasteiger partial charge in [-0.3, -0.25) is 9.59 Å². The Morgan fingerprint density at radius 1 is 1.28 bits per heavy atom. The van der Waals surface area contributed by atoms with E-state index in [4.69, 9.17) is 0 Å². The lowest BCUT2D eigenvalue weighted by atomic mass is 9.78. The number of benzene rings is 1. The van der Waals surface area contributed by atoms with Crippen LogP contribution in [0.5, 0.6) is 0 Å². The molecule has 1 N–H and O–H groups in total. The lowest BCUT2D eigenvalue weighted by molar-refractivity contribution is -0.130. The number of halogens is 2. The zero-order chi connectivity index (χ0) is 17.2. The molecule has 2 saturated heterocycles. The van der Waals surface area contributed by atoms with Gasteiger partial charge in [-0.1, -0.05) is 0 Å². The number of ketones is 1. The minimum Gasteiger partial charge on any atom is -0.342 e. The molecule has 1 aromatic carbocycles. The lowest BCUT2D eigenvalue weighted by Crippen LogP contribution is -2.44. The fraction of sp³-hybridized carbons (Fsp3) is 0.556. The second-order valence-electron chi connectivity index (χ2n) is 6.79. The van der Waals surface area contributed by atoms with E-state index in [9.17, 15) is 14.0 Å². The number of hydrogen-bond acceptors (Lipinski definition) is 4. The van der Waals surface area contributed by atoms with Crippen LogP contribution in [-0.2, 0) is 4.79 Å². The molecule has 0 aromatic heterocycles. The summed E-state index contributed by atoms with van der Waals surface area (Å²) >= 11 is 1.33. The summed E-state index contributed by atoms with van der Waals surface area (Å²) in [5.41, 5.74) is 0.493. The summed E-state index contributed by atoms with van der Waals surface area (Å²) in [7, 11) is 0. The number of thioether (sulfide) groups is 1. The Bertz CT molecular complexity index is 640. The average Bonchev–Trinajstić information content (AvgIpc) is 3.01. The highest BCUT2D eigenvalue weighted by atomic mass is 35.5. The molecule has 1 aromatic rings. The second-order valence-corrected chi connectivity index (χ2v) is 7.84. The third kappa shape index (κ3) is 4.74. The zero-order valence-electron chi connectivity index (χ0n) is 14.3. The van der Waals surface area contributed by atoms with Gasteiger partial charge in [0.1, 0.15) is 5.82 Å². The number of likely N-dealkylation sites (tertiary alicyclic amines) is 1. The first-order valence-electron chi connectivity index (χ1n) is 8.41. The Morgan fingerprint density at radius 2 is 2.00 bits per heavy atom. The van der Waals surface area contributed by atoms with E-state index in [-0.39, 0.29) is 29.7 Å². The van der Waals surface area contributed by atoms with Crippen molar-refractivity contribution >= 4 is 35.9 Å². The van der Waals surface area contributed by atoms with Gasteiger partial charge in [0.25, 0.3) is 0 Å². The number of Topliss-reactive ketones (excluding diaryl/α,β-unsaturated/α-hetero) is 1. The molecular weight excluding hydrogens is 363 g/mol. The molecule has 2 aliphatic rings. The minimum atomic E-state index is -0.520. The van der Waals surface area contributed by atoms with E-state index in [0.29, 0.717) is 16.1 Å². The van der Waals surface area contributed by atoms with E-state index in [2.05, 4.69) is 5.32 Å². The van der Waals surface area contributed by atoms with Crippen LogP contribution in [0.4, 0.5) is 4.39 Å². The summed E-state index contributed by atoms with van der Waals surface area (Å²) in [5.74, 6) is -0.390. The van der Waals surface area contributed by atoms with E-state index >= 15 is 0 Å². The van der Waals surface area contributed by atoms with Crippen LogP contribution >= 0.6 is 24.2 Å². The van der Waals surface area contributed by atoms with Crippen LogP contribution in [0.3, 0.4) is 0 Å². The summed E-state index contributed by atoms with van der Waals surface area (Å²) < 4.78 is 13.8. The standard InChI is InChI=1S/C18H23FN2O2S.ClH/c1-13(22)15-3-2-14(10-16(15)19)24-11-17(23)21-8-5-18(6-9-21)4-7-20-12-18;/h2-3,10,20H,4-9,11-12H2,1H3;1H. The number of amides is 1. The van der Waals surface area contributed by atoms with E-state index in [1.807, 2.05) is 4.90 Å². The summed E-state index contributed by atoms with van der Waals surface area (Å²) in [6, 6.07) is 4.53. The van der Waals surface area contributed by atoms with Crippen molar-refractivity contribution in [2.45, 2.75) is 31.1 Å².